The maximum atomic E-state index is 12.1. The van der Waals surface area contributed by atoms with Crippen LogP contribution in [0.15, 0.2) is 22.7 Å². The highest BCUT2D eigenvalue weighted by molar-refractivity contribution is 9.10. The van der Waals surface area contributed by atoms with Crippen molar-refractivity contribution in [3.05, 3.63) is 28.2 Å². The van der Waals surface area contributed by atoms with E-state index in [1.165, 1.54) is 6.07 Å². The predicted molar refractivity (Wildman–Crippen MR) is 71.8 cm³/mol. The SMILES string of the molecule is Cl.O=C(c1cc(Br)ccc1O)N1CCNCC1. The molecule has 1 aromatic carbocycles. The first-order chi connectivity index (χ1) is 7.68. The van der Waals surface area contributed by atoms with Crippen LogP contribution in [0.4, 0.5) is 0 Å². The minimum Gasteiger partial charge on any atom is -0.507 e. The molecule has 0 spiro atoms. The van der Waals surface area contributed by atoms with Gasteiger partial charge in [-0.15, -0.1) is 12.4 Å². The zero-order valence-corrected chi connectivity index (χ0v) is 11.6. The topological polar surface area (TPSA) is 52.6 Å². The molecular formula is C11H14BrClN2O2. The maximum absolute atomic E-state index is 12.1. The van der Waals surface area contributed by atoms with Gasteiger partial charge >= 0.3 is 0 Å². The Labute approximate surface area is 115 Å². The van der Waals surface area contributed by atoms with Crippen molar-refractivity contribution < 1.29 is 9.90 Å². The van der Waals surface area contributed by atoms with Gasteiger partial charge < -0.3 is 15.3 Å². The zero-order valence-electron chi connectivity index (χ0n) is 9.15. The molecule has 0 bridgehead atoms. The van der Waals surface area contributed by atoms with E-state index in [0.717, 1.165) is 17.6 Å². The molecule has 1 amide bonds. The summed E-state index contributed by atoms with van der Waals surface area (Å²) in [6.07, 6.45) is 0. The van der Waals surface area contributed by atoms with Gasteiger partial charge in [0.2, 0.25) is 0 Å². The van der Waals surface area contributed by atoms with Gasteiger partial charge in [-0.3, -0.25) is 4.79 Å². The van der Waals surface area contributed by atoms with Crippen LogP contribution in [-0.4, -0.2) is 42.1 Å². The van der Waals surface area contributed by atoms with Crippen molar-refractivity contribution in [1.82, 2.24) is 10.2 Å². The summed E-state index contributed by atoms with van der Waals surface area (Å²) in [5.74, 6) is -0.0768. The molecule has 0 aliphatic carbocycles. The molecule has 1 aliphatic rings. The summed E-state index contributed by atoms with van der Waals surface area (Å²) in [7, 11) is 0. The van der Waals surface area contributed by atoms with Crippen LogP contribution in [0.3, 0.4) is 0 Å². The number of rotatable bonds is 1. The zero-order chi connectivity index (χ0) is 11.5. The highest BCUT2D eigenvalue weighted by Crippen LogP contribution is 2.23. The van der Waals surface area contributed by atoms with E-state index >= 15 is 0 Å². The Morgan fingerprint density at radius 2 is 2.00 bits per heavy atom. The normalized spacial score (nSPS) is 15.2. The Morgan fingerprint density at radius 3 is 2.65 bits per heavy atom. The third-order valence-corrected chi connectivity index (χ3v) is 3.09. The molecular weight excluding hydrogens is 307 g/mol. The van der Waals surface area contributed by atoms with Crippen molar-refractivity contribution in [1.29, 1.82) is 0 Å². The number of benzene rings is 1. The van der Waals surface area contributed by atoms with E-state index in [0.29, 0.717) is 18.7 Å². The lowest BCUT2D eigenvalue weighted by molar-refractivity contribution is 0.0732. The second-order valence-electron chi connectivity index (χ2n) is 3.70. The Kier molecular flexibility index (Phi) is 5.24. The van der Waals surface area contributed by atoms with Crippen molar-refractivity contribution in [2.45, 2.75) is 0 Å². The third kappa shape index (κ3) is 3.34. The lowest BCUT2D eigenvalue weighted by atomic mass is 10.1. The van der Waals surface area contributed by atoms with Crippen LogP contribution in [0.5, 0.6) is 5.75 Å². The van der Waals surface area contributed by atoms with Crippen LogP contribution in [0.1, 0.15) is 10.4 Å². The molecule has 1 fully saturated rings. The summed E-state index contributed by atoms with van der Waals surface area (Å²) in [5, 5.41) is 12.8. The number of nitrogens with zero attached hydrogens (tertiary/aromatic N) is 1. The van der Waals surface area contributed by atoms with Crippen LogP contribution in [0.2, 0.25) is 0 Å². The third-order valence-electron chi connectivity index (χ3n) is 2.59. The second-order valence-corrected chi connectivity index (χ2v) is 4.62. The molecule has 94 valence electrons. The Morgan fingerprint density at radius 1 is 1.35 bits per heavy atom. The van der Waals surface area contributed by atoms with E-state index in [1.807, 2.05) is 0 Å². The number of carbonyl (C=O) groups is 1. The molecule has 1 aromatic rings. The fourth-order valence-corrected chi connectivity index (χ4v) is 2.08. The first-order valence-electron chi connectivity index (χ1n) is 5.17. The largest absolute Gasteiger partial charge is 0.507 e. The molecule has 6 heteroatoms. The minimum atomic E-state index is -0.111. The van der Waals surface area contributed by atoms with E-state index in [2.05, 4.69) is 21.2 Å². The lowest BCUT2D eigenvalue weighted by Gasteiger charge is -2.27. The van der Waals surface area contributed by atoms with Crippen molar-refractivity contribution >= 4 is 34.2 Å². The van der Waals surface area contributed by atoms with Crippen molar-refractivity contribution in [3.63, 3.8) is 0 Å². The van der Waals surface area contributed by atoms with Crippen LogP contribution in [0, 0.1) is 0 Å². The molecule has 1 heterocycles. The van der Waals surface area contributed by atoms with E-state index in [4.69, 9.17) is 0 Å². The van der Waals surface area contributed by atoms with Crippen molar-refractivity contribution in [3.8, 4) is 5.75 Å². The molecule has 4 nitrogen and oxygen atoms in total. The van der Waals surface area contributed by atoms with E-state index < -0.39 is 0 Å². The minimum absolute atomic E-state index is 0. The van der Waals surface area contributed by atoms with Gasteiger partial charge in [-0.1, -0.05) is 15.9 Å². The molecule has 1 saturated heterocycles. The highest BCUT2D eigenvalue weighted by atomic mass is 79.9. The average Bonchev–Trinajstić information content (AvgIpc) is 2.32. The molecule has 17 heavy (non-hydrogen) atoms. The number of carbonyl (C=O) groups excluding carboxylic acids is 1. The van der Waals surface area contributed by atoms with E-state index in [9.17, 15) is 9.90 Å². The number of hydrogen-bond acceptors (Lipinski definition) is 3. The number of piperazine rings is 1. The molecule has 0 saturated carbocycles. The summed E-state index contributed by atoms with van der Waals surface area (Å²) in [6.45, 7) is 2.98. The molecule has 2 N–H and O–H groups in total. The van der Waals surface area contributed by atoms with Gasteiger partial charge in [-0.2, -0.15) is 0 Å². The number of halogens is 2. The molecule has 0 unspecified atom stereocenters. The standard InChI is InChI=1S/C11H13BrN2O2.ClH/c12-8-1-2-10(15)9(7-8)11(16)14-5-3-13-4-6-14;/h1-2,7,13,15H,3-6H2;1H. The summed E-state index contributed by atoms with van der Waals surface area (Å²) in [6, 6.07) is 4.89. The lowest BCUT2D eigenvalue weighted by Crippen LogP contribution is -2.46. The van der Waals surface area contributed by atoms with Crippen LogP contribution in [0.25, 0.3) is 0 Å². The van der Waals surface area contributed by atoms with Crippen LogP contribution in [-0.2, 0) is 0 Å². The number of phenols is 1. The first kappa shape index (κ1) is 14.3. The monoisotopic (exact) mass is 320 g/mol. The molecule has 0 radical (unpaired) electrons. The van der Waals surface area contributed by atoms with Gasteiger partial charge in [0, 0.05) is 30.7 Å². The number of nitrogens with one attached hydrogen (secondary N) is 1. The molecule has 0 aromatic heterocycles. The smallest absolute Gasteiger partial charge is 0.257 e. The number of amides is 1. The van der Waals surface area contributed by atoms with Gasteiger partial charge in [0.1, 0.15) is 5.75 Å². The first-order valence-corrected chi connectivity index (χ1v) is 5.96. The van der Waals surface area contributed by atoms with E-state index in [-0.39, 0.29) is 24.1 Å². The number of phenolic OH excluding ortho intramolecular Hbond substituents is 1. The van der Waals surface area contributed by atoms with Crippen LogP contribution >= 0.6 is 28.3 Å². The summed E-state index contributed by atoms with van der Waals surface area (Å²) < 4.78 is 0.795. The van der Waals surface area contributed by atoms with Gasteiger partial charge in [0.25, 0.3) is 5.91 Å². The maximum Gasteiger partial charge on any atom is 0.257 e. The molecule has 1 aliphatic heterocycles. The fourth-order valence-electron chi connectivity index (χ4n) is 1.72. The van der Waals surface area contributed by atoms with Gasteiger partial charge in [0.15, 0.2) is 0 Å². The highest BCUT2D eigenvalue weighted by Gasteiger charge is 2.20. The summed E-state index contributed by atoms with van der Waals surface area (Å²) >= 11 is 3.29. The number of aromatic hydroxyl groups is 1. The second kappa shape index (κ2) is 6.23. The summed E-state index contributed by atoms with van der Waals surface area (Å²) in [5.41, 5.74) is 0.358. The Balaban J connectivity index is 0.00000144. The quantitative estimate of drug-likeness (QED) is 0.826. The van der Waals surface area contributed by atoms with Gasteiger partial charge in [0.05, 0.1) is 5.56 Å². The predicted octanol–water partition coefficient (Wildman–Crippen LogP) is 1.62. The average molecular weight is 322 g/mol. The van der Waals surface area contributed by atoms with E-state index in [1.54, 1.807) is 17.0 Å². The van der Waals surface area contributed by atoms with Gasteiger partial charge in [-0.05, 0) is 18.2 Å². The van der Waals surface area contributed by atoms with Crippen LogP contribution < -0.4 is 5.32 Å². The Hall–Kier alpha value is -0.780. The van der Waals surface area contributed by atoms with Crippen molar-refractivity contribution in [2.24, 2.45) is 0 Å². The summed E-state index contributed by atoms with van der Waals surface area (Å²) in [4.78, 5) is 13.8. The number of hydrogen-bond donors (Lipinski definition) is 2. The Bertz CT molecular complexity index is 408. The fraction of sp³-hybridized carbons (Fsp3) is 0.364. The van der Waals surface area contributed by atoms with Gasteiger partial charge in [-0.25, -0.2) is 0 Å². The molecule has 0 atom stereocenters. The molecule has 2 rings (SSSR count). The van der Waals surface area contributed by atoms with Crippen molar-refractivity contribution in [2.75, 3.05) is 26.2 Å².